The summed E-state index contributed by atoms with van der Waals surface area (Å²) < 4.78 is 0. The number of carboxylic acid groups (broad SMARTS) is 2. The first-order valence-corrected chi connectivity index (χ1v) is 9.99. The predicted molar refractivity (Wildman–Crippen MR) is 99.2 cm³/mol. The number of rotatable bonds is 8. The highest BCUT2D eigenvalue weighted by atomic mass is 16.4. The van der Waals surface area contributed by atoms with Crippen LogP contribution in [-0.4, -0.2) is 33.2 Å². The number of nitrogens with zero attached hydrogens (tertiary/aromatic N) is 4. The van der Waals surface area contributed by atoms with E-state index < -0.39 is 23.0 Å². The van der Waals surface area contributed by atoms with Crippen LogP contribution in [0.25, 0.3) is 0 Å². The lowest BCUT2D eigenvalue weighted by Gasteiger charge is -2.38. The maximum atomic E-state index is 11.3. The molecule has 2 fully saturated rings. The first kappa shape index (κ1) is 21.8. The molecule has 0 aliphatic heterocycles. The zero-order chi connectivity index (χ0) is 20.6. The number of aliphatic carboxylic acids is 2. The number of carbonyl (C=O) groups is 2. The maximum absolute atomic E-state index is 11.3. The van der Waals surface area contributed by atoms with Crippen molar-refractivity contribution < 1.29 is 19.8 Å². The minimum absolute atomic E-state index is 0.336. The fourth-order valence-electron chi connectivity index (χ4n) is 4.39. The SMILES string of the molecule is N#CCCC1(N=NC2(CCC#N)CCC(C(=O)O)CC2)CCC(C(=O)O)CC1. The van der Waals surface area contributed by atoms with E-state index in [4.69, 9.17) is 10.5 Å². The van der Waals surface area contributed by atoms with Gasteiger partial charge in [0.25, 0.3) is 0 Å². The molecule has 0 aromatic rings. The van der Waals surface area contributed by atoms with Crippen molar-refractivity contribution >= 4 is 11.9 Å². The quantitative estimate of drug-likeness (QED) is 0.599. The summed E-state index contributed by atoms with van der Waals surface area (Å²) in [5.41, 5.74) is -1.05. The van der Waals surface area contributed by atoms with Gasteiger partial charge in [0.1, 0.15) is 0 Å². The molecule has 2 rings (SSSR count). The second-order valence-corrected chi connectivity index (χ2v) is 8.19. The summed E-state index contributed by atoms with van der Waals surface area (Å²) in [4.78, 5) is 22.5. The second-order valence-electron chi connectivity index (χ2n) is 8.19. The van der Waals surface area contributed by atoms with Gasteiger partial charge in [0, 0.05) is 12.8 Å². The van der Waals surface area contributed by atoms with E-state index in [1.54, 1.807) is 0 Å². The molecule has 0 aromatic heterocycles. The lowest BCUT2D eigenvalue weighted by Crippen LogP contribution is -2.37. The van der Waals surface area contributed by atoms with E-state index in [1.807, 2.05) is 0 Å². The van der Waals surface area contributed by atoms with Gasteiger partial charge in [0.05, 0.1) is 35.1 Å². The standard InChI is InChI=1S/C20H28N4O4/c21-13-1-7-19(9-3-15(4-10-19)17(25)26)23-24-20(8-2-14-22)11-5-16(6-12-20)18(27)28/h15-16H,1-12H2,(H,25,26)(H,27,28). The Labute approximate surface area is 165 Å². The van der Waals surface area contributed by atoms with Gasteiger partial charge in [-0.2, -0.15) is 20.8 Å². The van der Waals surface area contributed by atoms with E-state index in [0.29, 0.717) is 77.0 Å². The van der Waals surface area contributed by atoms with E-state index >= 15 is 0 Å². The van der Waals surface area contributed by atoms with Gasteiger partial charge in [0.15, 0.2) is 0 Å². The Morgan fingerprint density at radius 2 is 1.11 bits per heavy atom. The van der Waals surface area contributed by atoms with Crippen molar-refractivity contribution in [3.05, 3.63) is 0 Å². The number of hydrogen-bond acceptors (Lipinski definition) is 6. The molecule has 2 aliphatic rings. The molecule has 0 aromatic carbocycles. The molecule has 2 N–H and O–H groups in total. The normalized spacial score (nSPS) is 33.1. The number of hydrogen-bond donors (Lipinski definition) is 2. The summed E-state index contributed by atoms with van der Waals surface area (Å²) in [6, 6.07) is 4.29. The minimum atomic E-state index is -0.789. The fraction of sp³-hybridized carbons (Fsp3) is 0.800. The van der Waals surface area contributed by atoms with Crippen LogP contribution in [0, 0.1) is 34.5 Å². The third-order valence-corrected chi connectivity index (χ3v) is 6.41. The molecular formula is C20H28N4O4. The third-order valence-electron chi connectivity index (χ3n) is 6.41. The lowest BCUT2D eigenvalue weighted by molar-refractivity contribution is -0.144. The highest BCUT2D eigenvalue weighted by Gasteiger charge is 2.41. The van der Waals surface area contributed by atoms with E-state index in [9.17, 15) is 19.8 Å². The van der Waals surface area contributed by atoms with Gasteiger partial charge in [-0.15, -0.1) is 0 Å². The highest BCUT2D eigenvalue weighted by Crippen LogP contribution is 2.43. The van der Waals surface area contributed by atoms with Crippen molar-refractivity contribution in [1.29, 1.82) is 10.5 Å². The van der Waals surface area contributed by atoms with E-state index in [2.05, 4.69) is 22.4 Å². The van der Waals surface area contributed by atoms with Gasteiger partial charge < -0.3 is 10.2 Å². The predicted octanol–water partition coefficient (Wildman–Crippen LogP) is 4.07. The smallest absolute Gasteiger partial charge is 0.306 e. The molecule has 0 heterocycles. The van der Waals surface area contributed by atoms with Crippen LogP contribution in [0.5, 0.6) is 0 Å². The summed E-state index contributed by atoms with van der Waals surface area (Å²) in [6.07, 6.45) is 6.18. The van der Waals surface area contributed by atoms with Crippen LogP contribution in [-0.2, 0) is 9.59 Å². The molecule has 28 heavy (non-hydrogen) atoms. The highest BCUT2D eigenvalue weighted by molar-refractivity contribution is 5.70. The Bertz CT molecular complexity index is 617. The summed E-state index contributed by atoms with van der Waals surface area (Å²) in [7, 11) is 0. The molecule has 0 bridgehead atoms. The first-order chi connectivity index (χ1) is 13.4. The second kappa shape index (κ2) is 9.64. The van der Waals surface area contributed by atoms with Crippen molar-refractivity contribution in [3.8, 4) is 12.1 Å². The van der Waals surface area contributed by atoms with E-state index in [-0.39, 0.29) is 11.8 Å². The Morgan fingerprint density at radius 3 is 1.36 bits per heavy atom. The van der Waals surface area contributed by atoms with Crippen molar-refractivity contribution in [1.82, 2.24) is 0 Å². The van der Waals surface area contributed by atoms with E-state index in [0.717, 1.165) is 0 Å². The Hall–Kier alpha value is -2.48. The molecule has 0 amide bonds. The van der Waals surface area contributed by atoms with Gasteiger partial charge in [-0.3, -0.25) is 9.59 Å². The molecule has 2 saturated carbocycles. The van der Waals surface area contributed by atoms with Gasteiger partial charge in [0.2, 0.25) is 0 Å². The van der Waals surface area contributed by atoms with Crippen LogP contribution in [0.4, 0.5) is 0 Å². The Kier molecular flexibility index (Phi) is 7.51. The van der Waals surface area contributed by atoms with Crippen LogP contribution in [0.2, 0.25) is 0 Å². The van der Waals surface area contributed by atoms with Crippen LogP contribution in [0.15, 0.2) is 10.2 Å². The molecule has 152 valence electrons. The molecule has 2 aliphatic carbocycles. The van der Waals surface area contributed by atoms with E-state index in [1.165, 1.54) is 0 Å². The zero-order valence-electron chi connectivity index (χ0n) is 16.1. The van der Waals surface area contributed by atoms with Crippen molar-refractivity contribution in [2.24, 2.45) is 22.1 Å². The molecule has 0 spiro atoms. The van der Waals surface area contributed by atoms with Gasteiger partial charge in [-0.25, -0.2) is 0 Å². The lowest BCUT2D eigenvalue weighted by atomic mass is 9.74. The third kappa shape index (κ3) is 5.51. The minimum Gasteiger partial charge on any atom is -0.481 e. The summed E-state index contributed by atoms with van der Waals surface area (Å²) in [6.45, 7) is 0. The molecule has 0 saturated heterocycles. The van der Waals surface area contributed by atoms with Crippen molar-refractivity contribution in [3.63, 3.8) is 0 Å². The first-order valence-electron chi connectivity index (χ1n) is 9.99. The van der Waals surface area contributed by atoms with Gasteiger partial charge in [-0.1, -0.05) is 0 Å². The van der Waals surface area contributed by atoms with Crippen LogP contribution in [0.1, 0.15) is 77.0 Å². The molecule has 8 nitrogen and oxygen atoms in total. The number of carboxylic acids is 2. The summed E-state index contributed by atoms with van der Waals surface area (Å²) >= 11 is 0. The Balaban J connectivity index is 2.17. The average Bonchev–Trinajstić information content (AvgIpc) is 2.70. The molecule has 0 atom stereocenters. The largest absolute Gasteiger partial charge is 0.481 e. The summed E-state index contributed by atoms with van der Waals surface area (Å²) in [5.74, 6) is -2.32. The number of nitriles is 2. The molecule has 0 unspecified atom stereocenters. The van der Waals surface area contributed by atoms with Crippen molar-refractivity contribution in [2.45, 2.75) is 88.1 Å². The molecule has 0 radical (unpaired) electrons. The average molecular weight is 388 g/mol. The van der Waals surface area contributed by atoms with Crippen molar-refractivity contribution in [2.75, 3.05) is 0 Å². The van der Waals surface area contributed by atoms with Gasteiger partial charge >= 0.3 is 11.9 Å². The molecule has 8 heteroatoms. The monoisotopic (exact) mass is 388 g/mol. The van der Waals surface area contributed by atoms with Crippen LogP contribution >= 0.6 is 0 Å². The molecular weight excluding hydrogens is 360 g/mol. The summed E-state index contributed by atoms with van der Waals surface area (Å²) in [5, 5.41) is 45.9. The Morgan fingerprint density at radius 1 is 0.786 bits per heavy atom. The van der Waals surface area contributed by atoms with Crippen LogP contribution in [0.3, 0.4) is 0 Å². The fourth-order valence-corrected chi connectivity index (χ4v) is 4.39. The zero-order valence-corrected chi connectivity index (χ0v) is 16.1. The number of azo groups is 1. The topological polar surface area (TPSA) is 147 Å². The van der Waals surface area contributed by atoms with Crippen LogP contribution < -0.4 is 0 Å². The maximum Gasteiger partial charge on any atom is 0.306 e. The van der Waals surface area contributed by atoms with Gasteiger partial charge in [-0.05, 0) is 64.2 Å².